The summed E-state index contributed by atoms with van der Waals surface area (Å²) in [5, 5.41) is 4.12. The number of aryl methyl sites for hydroxylation is 1. The summed E-state index contributed by atoms with van der Waals surface area (Å²) in [6.45, 7) is 2.86. The van der Waals surface area contributed by atoms with Gasteiger partial charge in [-0.15, -0.1) is 0 Å². The number of likely N-dealkylation sites (tertiary alicyclic amines) is 1. The molecule has 2 aromatic carbocycles. The predicted octanol–water partition coefficient (Wildman–Crippen LogP) is 4.09. The third-order valence-electron chi connectivity index (χ3n) is 5.09. The van der Waals surface area contributed by atoms with E-state index in [0.29, 0.717) is 24.0 Å². The quantitative estimate of drug-likeness (QED) is 0.587. The average molecular weight is 407 g/mol. The van der Waals surface area contributed by atoms with Crippen LogP contribution in [0.5, 0.6) is 11.5 Å². The summed E-state index contributed by atoms with van der Waals surface area (Å²) in [5.41, 5.74) is 1.17. The number of ether oxygens (including phenoxy) is 2. The Morgan fingerprint density at radius 3 is 2.63 bits per heavy atom. The van der Waals surface area contributed by atoms with Crippen LogP contribution in [0.2, 0.25) is 0 Å². The Bertz CT molecular complexity index is 956. The van der Waals surface area contributed by atoms with Crippen molar-refractivity contribution in [2.24, 2.45) is 0 Å². The van der Waals surface area contributed by atoms with Gasteiger partial charge in [0, 0.05) is 6.54 Å². The zero-order chi connectivity index (χ0) is 20.8. The monoisotopic (exact) mass is 407 g/mol. The van der Waals surface area contributed by atoms with Crippen LogP contribution in [0.25, 0.3) is 0 Å². The van der Waals surface area contributed by atoms with E-state index in [2.05, 4.69) is 10.1 Å². The highest BCUT2D eigenvalue weighted by Crippen LogP contribution is 2.29. The van der Waals surface area contributed by atoms with E-state index in [1.54, 1.807) is 4.90 Å². The number of para-hydroxylation sites is 1. The molecule has 156 valence electrons. The van der Waals surface area contributed by atoms with Crippen molar-refractivity contribution in [2.45, 2.75) is 38.8 Å². The topological polar surface area (TPSA) is 77.7 Å². The van der Waals surface area contributed by atoms with Gasteiger partial charge in [-0.3, -0.25) is 4.79 Å². The predicted molar refractivity (Wildman–Crippen MR) is 110 cm³/mol. The molecule has 0 radical (unpaired) electrons. The molecule has 7 nitrogen and oxygen atoms in total. The highest BCUT2D eigenvalue weighted by Gasteiger charge is 2.31. The van der Waals surface area contributed by atoms with E-state index in [9.17, 15) is 4.79 Å². The van der Waals surface area contributed by atoms with E-state index < -0.39 is 0 Å². The van der Waals surface area contributed by atoms with Gasteiger partial charge < -0.3 is 18.9 Å². The highest BCUT2D eigenvalue weighted by molar-refractivity contribution is 5.78. The standard InChI is InChI=1S/C23H25N3O4/c1-17-10-12-19(13-11-17)28-15-21-24-23(25-30-21)20-9-5-6-14-26(20)22(27)16-29-18-7-3-2-4-8-18/h2-4,7-8,10-13,20H,5-6,9,14-16H2,1H3. The summed E-state index contributed by atoms with van der Waals surface area (Å²) < 4.78 is 16.7. The van der Waals surface area contributed by atoms with Crippen molar-refractivity contribution < 1.29 is 18.8 Å². The molecule has 1 aromatic heterocycles. The highest BCUT2D eigenvalue weighted by atomic mass is 16.5. The normalized spacial score (nSPS) is 16.3. The molecule has 0 aliphatic carbocycles. The zero-order valence-electron chi connectivity index (χ0n) is 17.0. The zero-order valence-corrected chi connectivity index (χ0v) is 17.0. The average Bonchev–Trinajstić information content (AvgIpc) is 3.27. The number of benzene rings is 2. The maximum Gasteiger partial charge on any atom is 0.264 e. The summed E-state index contributed by atoms with van der Waals surface area (Å²) in [4.78, 5) is 19.1. The summed E-state index contributed by atoms with van der Waals surface area (Å²) in [5.74, 6) is 2.25. The van der Waals surface area contributed by atoms with E-state index in [0.717, 1.165) is 25.0 Å². The molecule has 1 aliphatic heterocycles. The number of aromatic nitrogens is 2. The van der Waals surface area contributed by atoms with Gasteiger partial charge in [0.15, 0.2) is 19.0 Å². The number of hydrogen-bond acceptors (Lipinski definition) is 6. The van der Waals surface area contributed by atoms with E-state index >= 15 is 0 Å². The minimum atomic E-state index is -0.206. The van der Waals surface area contributed by atoms with Crippen molar-refractivity contribution in [2.75, 3.05) is 13.2 Å². The van der Waals surface area contributed by atoms with Gasteiger partial charge in [0.2, 0.25) is 0 Å². The van der Waals surface area contributed by atoms with Gasteiger partial charge in [-0.05, 0) is 50.5 Å². The third-order valence-corrected chi connectivity index (χ3v) is 5.09. The Hall–Kier alpha value is -3.35. The van der Waals surface area contributed by atoms with Gasteiger partial charge >= 0.3 is 0 Å². The van der Waals surface area contributed by atoms with E-state index in [1.807, 2.05) is 61.5 Å². The van der Waals surface area contributed by atoms with Crippen molar-refractivity contribution in [1.29, 1.82) is 0 Å². The van der Waals surface area contributed by atoms with Crippen LogP contribution < -0.4 is 9.47 Å². The molecule has 1 amide bonds. The molecular weight excluding hydrogens is 382 g/mol. The van der Waals surface area contributed by atoms with Crippen LogP contribution in [0, 0.1) is 6.92 Å². The molecule has 1 atom stereocenters. The molecule has 7 heteroatoms. The van der Waals surface area contributed by atoms with E-state index in [4.69, 9.17) is 14.0 Å². The van der Waals surface area contributed by atoms with Gasteiger partial charge in [-0.1, -0.05) is 41.1 Å². The number of amides is 1. The number of carbonyl (C=O) groups excluding carboxylic acids is 1. The Kier molecular flexibility index (Phi) is 6.27. The van der Waals surface area contributed by atoms with Gasteiger partial charge in [0.25, 0.3) is 11.8 Å². The molecule has 1 aliphatic rings. The van der Waals surface area contributed by atoms with Crippen LogP contribution in [-0.4, -0.2) is 34.1 Å². The first-order valence-corrected chi connectivity index (χ1v) is 10.2. The number of rotatable bonds is 7. The largest absolute Gasteiger partial charge is 0.484 e. The lowest BCUT2D eigenvalue weighted by Crippen LogP contribution is -2.41. The molecule has 30 heavy (non-hydrogen) atoms. The van der Waals surface area contributed by atoms with Crippen LogP contribution in [0.4, 0.5) is 0 Å². The van der Waals surface area contributed by atoms with Crippen LogP contribution in [-0.2, 0) is 11.4 Å². The Balaban J connectivity index is 1.37. The number of carbonyl (C=O) groups is 1. The molecule has 0 saturated carbocycles. The molecule has 0 bridgehead atoms. The number of hydrogen-bond donors (Lipinski definition) is 0. The molecule has 1 unspecified atom stereocenters. The van der Waals surface area contributed by atoms with Crippen LogP contribution in [0.1, 0.15) is 42.6 Å². The minimum Gasteiger partial charge on any atom is -0.484 e. The first-order valence-electron chi connectivity index (χ1n) is 10.2. The summed E-state index contributed by atoms with van der Waals surface area (Å²) in [7, 11) is 0. The molecule has 0 N–H and O–H groups in total. The first kappa shape index (κ1) is 19.9. The first-order chi connectivity index (χ1) is 14.7. The molecule has 4 rings (SSSR count). The molecule has 3 aromatic rings. The van der Waals surface area contributed by atoms with Crippen LogP contribution in [0.3, 0.4) is 0 Å². The second-order valence-electron chi connectivity index (χ2n) is 7.35. The smallest absolute Gasteiger partial charge is 0.264 e. The van der Waals surface area contributed by atoms with E-state index in [1.165, 1.54) is 5.56 Å². The summed E-state index contributed by atoms with van der Waals surface area (Å²) in [6.07, 6.45) is 2.77. The molecular formula is C23H25N3O4. The minimum absolute atomic E-state index is 0.0121. The second-order valence-corrected chi connectivity index (χ2v) is 7.35. The molecule has 2 heterocycles. The van der Waals surface area contributed by atoms with Gasteiger partial charge in [0.05, 0.1) is 6.04 Å². The lowest BCUT2D eigenvalue weighted by molar-refractivity contribution is -0.137. The van der Waals surface area contributed by atoms with Crippen LogP contribution in [0.15, 0.2) is 59.1 Å². The Morgan fingerprint density at radius 2 is 1.83 bits per heavy atom. The maximum absolute atomic E-state index is 12.8. The van der Waals surface area contributed by atoms with Crippen molar-refractivity contribution in [3.63, 3.8) is 0 Å². The van der Waals surface area contributed by atoms with Crippen LogP contribution >= 0.6 is 0 Å². The summed E-state index contributed by atoms with van der Waals surface area (Å²) in [6, 6.07) is 16.9. The fraction of sp³-hybridized carbons (Fsp3) is 0.348. The van der Waals surface area contributed by atoms with Crippen molar-refractivity contribution in [3.8, 4) is 11.5 Å². The van der Waals surface area contributed by atoms with Gasteiger partial charge in [-0.25, -0.2) is 0 Å². The third kappa shape index (κ3) is 4.97. The van der Waals surface area contributed by atoms with Crippen molar-refractivity contribution in [3.05, 3.63) is 71.9 Å². The molecule has 1 fully saturated rings. The van der Waals surface area contributed by atoms with Gasteiger partial charge in [-0.2, -0.15) is 4.98 Å². The molecule has 1 saturated heterocycles. The van der Waals surface area contributed by atoms with Crippen molar-refractivity contribution in [1.82, 2.24) is 15.0 Å². The lowest BCUT2D eigenvalue weighted by atomic mass is 10.0. The van der Waals surface area contributed by atoms with Crippen molar-refractivity contribution >= 4 is 5.91 Å². The fourth-order valence-electron chi connectivity index (χ4n) is 3.48. The number of piperidine rings is 1. The SMILES string of the molecule is Cc1ccc(OCc2nc(C3CCCCN3C(=O)COc3ccccc3)no2)cc1. The Morgan fingerprint density at radius 1 is 1.07 bits per heavy atom. The second kappa shape index (κ2) is 9.43. The maximum atomic E-state index is 12.8. The Labute approximate surface area is 175 Å². The van der Waals surface area contributed by atoms with Gasteiger partial charge in [0.1, 0.15) is 11.5 Å². The number of nitrogens with zero attached hydrogens (tertiary/aromatic N) is 3. The lowest BCUT2D eigenvalue weighted by Gasteiger charge is -2.33. The molecule has 0 spiro atoms. The summed E-state index contributed by atoms with van der Waals surface area (Å²) >= 11 is 0. The van der Waals surface area contributed by atoms with E-state index in [-0.39, 0.29) is 25.2 Å². The fourth-order valence-corrected chi connectivity index (χ4v) is 3.48.